The molecule has 0 saturated carbocycles. The zero-order chi connectivity index (χ0) is 12.1. The van der Waals surface area contributed by atoms with Crippen LogP contribution in [0.5, 0.6) is 0 Å². The lowest BCUT2D eigenvalue weighted by molar-refractivity contribution is -0.0629. The minimum atomic E-state index is -0.0160. The molecule has 5 heteroatoms. The van der Waals surface area contributed by atoms with Gasteiger partial charge in [-0.1, -0.05) is 0 Å². The molecule has 2 heterocycles. The zero-order valence-corrected chi connectivity index (χ0v) is 10.7. The third-order valence-electron chi connectivity index (χ3n) is 3.72. The lowest BCUT2D eigenvalue weighted by Crippen LogP contribution is -2.50. The van der Waals surface area contributed by atoms with Gasteiger partial charge in [0, 0.05) is 38.2 Å². The number of nitrogens with zero attached hydrogens (tertiary/aromatic N) is 1. The molecule has 0 aromatic carbocycles. The van der Waals surface area contributed by atoms with Crippen LogP contribution in [0.3, 0.4) is 0 Å². The van der Waals surface area contributed by atoms with Gasteiger partial charge in [-0.25, -0.2) is 0 Å². The van der Waals surface area contributed by atoms with Crippen LogP contribution in [0.2, 0.25) is 0 Å². The third-order valence-corrected chi connectivity index (χ3v) is 3.72. The van der Waals surface area contributed by atoms with Gasteiger partial charge < -0.3 is 19.9 Å². The fourth-order valence-electron chi connectivity index (χ4n) is 2.85. The third kappa shape index (κ3) is 3.39. The van der Waals surface area contributed by atoms with E-state index < -0.39 is 0 Å². The molecule has 0 amide bonds. The normalized spacial score (nSPS) is 35.3. The van der Waals surface area contributed by atoms with E-state index in [1.165, 1.54) is 0 Å². The van der Waals surface area contributed by atoms with Gasteiger partial charge in [0.25, 0.3) is 0 Å². The van der Waals surface area contributed by atoms with Crippen LogP contribution in [0.1, 0.15) is 6.42 Å². The summed E-state index contributed by atoms with van der Waals surface area (Å²) in [5.41, 5.74) is 0.242. The van der Waals surface area contributed by atoms with E-state index in [4.69, 9.17) is 14.6 Å². The molecular weight excluding hydrogens is 220 g/mol. The van der Waals surface area contributed by atoms with E-state index in [1.54, 1.807) is 0 Å². The van der Waals surface area contributed by atoms with Crippen molar-refractivity contribution in [1.82, 2.24) is 10.2 Å². The molecule has 0 aliphatic carbocycles. The van der Waals surface area contributed by atoms with Crippen molar-refractivity contribution < 1.29 is 14.6 Å². The molecule has 0 radical (unpaired) electrons. The average molecular weight is 244 g/mol. The molecule has 0 aromatic rings. The molecule has 0 aromatic heterocycles. The van der Waals surface area contributed by atoms with Gasteiger partial charge in [-0.3, -0.25) is 4.90 Å². The maximum Gasteiger partial charge on any atom is 0.0932 e. The summed E-state index contributed by atoms with van der Waals surface area (Å²) in [6.07, 6.45) is 1.10. The Hall–Kier alpha value is -0.200. The molecule has 2 unspecified atom stereocenters. The van der Waals surface area contributed by atoms with Crippen molar-refractivity contribution in [3.05, 3.63) is 0 Å². The molecule has 2 saturated heterocycles. The standard InChI is InChI=1S/C12H24N2O3/c1-13-8-12(2-4-16-10-12)9-14-3-5-17-11(6-14)7-15/h11,13,15H,2-10H2,1H3. The van der Waals surface area contributed by atoms with Crippen molar-refractivity contribution in [1.29, 1.82) is 0 Å². The fourth-order valence-corrected chi connectivity index (χ4v) is 2.85. The highest BCUT2D eigenvalue weighted by molar-refractivity contribution is 4.89. The minimum Gasteiger partial charge on any atom is -0.394 e. The van der Waals surface area contributed by atoms with Crippen molar-refractivity contribution >= 4 is 0 Å². The lowest BCUT2D eigenvalue weighted by Gasteiger charge is -2.38. The first kappa shape index (κ1) is 13.2. The summed E-state index contributed by atoms with van der Waals surface area (Å²) in [5.74, 6) is 0. The molecule has 100 valence electrons. The van der Waals surface area contributed by atoms with Crippen molar-refractivity contribution in [2.45, 2.75) is 12.5 Å². The van der Waals surface area contributed by atoms with Gasteiger partial charge >= 0.3 is 0 Å². The molecular formula is C12H24N2O3. The largest absolute Gasteiger partial charge is 0.394 e. The predicted molar refractivity (Wildman–Crippen MR) is 65.1 cm³/mol. The molecule has 2 aliphatic heterocycles. The SMILES string of the molecule is CNCC1(CN2CCOC(CO)C2)CCOC1. The van der Waals surface area contributed by atoms with Crippen LogP contribution in [-0.2, 0) is 9.47 Å². The summed E-state index contributed by atoms with van der Waals surface area (Å²) in [6, 6.07) is 0. The topological polar surface area (TPSA) is 54.0 Å². The Morgan fingerprint density at radius 2 is 2.35 bits per heavy atom. The Labute approximate surface area is 103 Å². The summed E-state index contributed by atoms with van der Waals surface area (Å²) in [5, 5.41) is 12.4. The molecule has 2 rings (SSSR count). The number of nitrogens with one attached hydrogen (secondary N) is 1. The number of morpholine rings is 1. The van der Waals surface area contributed by atoms with Crippen LogP contribution in [0, 0.1) is 5.41 Å². The summed E-state index contributed by atoms with van der Waals surface area (Å²) in [4.78, 5) is 2.40. The van der Waals surface area contributed by atoms with E-state index >= 15 is 0 Å². The minimum absolute atomic E-state index is 0.0160. The van der Waals surface area contributed by atoms with Gasteiger partial charge in [-0.15, -0.1) is 0 Å². The summed E-state index contributed by atoms with van der Waals surface area (Å²) >= 11 is 0. The summed E-state index contributed by atoms with van der Waals surface area (Å²) < 4.78 is 11.0. The highest BCUT2D eigenvalue weighted by atomic mass is 16.5. The number of rotatable bonds is 5. The molecule has 0 spiro atoms. The Balaban J connectivity index is 1.88. The second-order valence-corrected chi connectivity index (χ2v) is 5.24. The van der Waals surface area contributed by atoms with E-state index in [-0.39, 0.29) is 18.1 Å². The van der Waals surface area contributed by atoms with Crippen LogP contribution in [-0.4, -0.2) is 75.8 Å². The quantitative estimate of drug-likeness (QED) is 0.670. The van der Waals surface area contributed by atoms with E-state index in [0.717, 1.165) is 52.4 Å². The molecule has 0 bridgehead atoms. The first-order chi connectivity index (χ1) is 8.28. The van der Waals surface area contributed by atoms with Gasteiger partial charge in [0.2, 0.25) is 0 Å². The molecule has 5 nitrogen and oxygen atoms in total. The van der Waals surface area contributed by atoms with E-state index in [9.17, 15) is 0 Å². The zero-order valence-electron chi connectivity index (χ0n) is 10.7. The molecule has 2 N–H and O–H groups in total. The number of aliphatic hydroxyl groups excluding tert-OH is 1. The van der Waals surface area contributed by atoms with Crippen LogP contribution in [0.15, 0.2) is 0 Å². The van der Waals surface area contributed by atoms with Gasteiger partial charge in [-0.05, 0) is 13.5 Å². The van der Waals surface area contributed by atoms with Crippen LogP contribution < -0.4 is 5.32 Å². The van der Waals surface area contributed by atoms with E-state index in [0.29, 0.717) is 0 Å². The maximum absolute atomic E-state index is 9.15. The monoisotopic (exact) mass is 244 g/mol. The number of hydrogen-bond acceptors (Lipinski definition) is 5. The number of ether oxygens (including phenoxy) is 2. The van der Waals surface area contributed by atoms with Gasteiger partial charge in [0.1, 0.15) is 0 Å². The van der Waals surface area contributed by atoms with Crippen molar-refractivity contribution in [2.75, 3.05) is 59.7 Å². The van der Waals surface area contributed by atoms with Crippen LogP contribution in [0.4, 0.5) is 0 Å². The number of aliphatic hydroxyl groups is 1. The second kappa shape index (κ2) is 6.11. The van der Waals surface area contributed by atoms with Gasteiger partial charge in [0.05, 0.1) is 25.9 Å². The highest BCUT2D eigenvalue weighted by Crippen LogP contribution is 2.29. The van der Waals surface area contributed by atoms with Crippen LogP contribution in [0.25, 0.3) is 0 Å². The molecule has 2 aliphatic rings. The van der Waals surface area contributed by atoms with Crippen LogP contribution >= 0.6 is 0 Å². The first-order valence-corrected chi connectivity index (χ1v) is 6.45. The molecule has 17 heavy (non-hydrogen) atoms. The molecule has 2 atom stereocenters. The van der Waals surface area contributed by atoms with Gasteiger partial charge in [-0.2, -0.15) is 0 Å². The Bertz CT molecular complexity index is 232. The summed E-state index contributed by atoms with van der Waals surface area (Å²) in [7, 11) is 2.00. The Kier molecular flexibility index (Phi) is 4.76. The smallest absolute Gasteiger partial charge is 0.0932 e. The maximum atomic E-state index is 9.15. The molecule has 2 fully saturated rings. The predicted octanol–water partition coefficient (Wildman–Crippen LogP) is -0.694. The van der Waals surface area contributed by atoms with E-state index in [1.807, 2.05) is 7.05 Å². The van der Waals surface area contributed by atoms with Crippen molar-refractivity contribution in [3.8, 4) is 0 Å². The fraction of sp³-hybridized carbons (Fsp3) is 1.00. The number of hydrogen-bond donors (Lipinski definition) is 2. The first-order valence-electron chi connectivity index (χ1n) is 6.45. The average Bonchev–Trinajstić information content (AvgIpc) is 2.78. The Morgan fingerprint density at radius 1 is 1.47 bits per heavy atom. The van der Waals surface area contributed by atoms with E-state index in [2.05, 4.69) is 10.2 Å². The Morgan fingerprint density at radius 3 is 3.00 bits per heavy atom. The highest BCUT2D eigenvalue weighted by Gasteiger charge is 2.37. The van der Waals surface area contributed by atoms with Gasteiger partial charge in [0.15, 0.2) is 0 Å². The second-order valence-electron chi connectivity index (χ2n) is 5.24. The summed E-state index contributed by atoms with van der Waals surface area (Å²) in [6.45, 7) is 6.38. The van der Waals surface area contributed by atoms with Crippen molar-refractivity contribution in [3.63, 3.8) is 0 Å². The van der Waals surface area contributed by atoms with Crippen molar-refractivity contribution in [2.24, 2.45) is 5.41 Å². The lowest BCUT2D eigenvalue weighted by atomic mass is 9.86.